The molecule has 0 saturated heterocycles. The minimum Gasteiger partial charge on any atom is -0.410 e. The molecule has 2 atom stereocenters. The Labute approximate surface area is 125 Å². The summed E-state index contributed by atoms with van der Waals surface area (Å²) >= 11 is 0. The predicted octanol–water partition coefficient (Wildman–Crippen LogP) is 2.47. The van der Waals surface area contributed by atoms with Gasteiger partial charge in [0.15, 0.2) is 0 Å². The SMILES string of the molecule is C[C@@H]1CCCC[C@@H]1NC(=O)CNC(=O)Oc1ccccc1. The van der Waals surface area contributed by atoms with Crippen molar-refractivity contribution in [1.29, 1.82) is 0 Å². The second kappa shape index (κ2) is 7.67. The van der Waals surface area contributed by atoms with Crippen LogP contribution in [0.2, 0.25) is 0 Å². The lowest BCUT2D eigenvalue weighted by Crippen LogP contribution is -2.46. The molecule has 1 aliphatic rings. The van der Waals surface area contributed by atoms with E-state index >= 15 is 0 Å². The van der Waals surface area contributed by atoms with Crippen LogP contribution in [0, 0.1) is 5.92 Å². The third-order valence-electron chi connectivity index (χ3n) is 3.80. The summed E-state index contributed by atoms with van der Waals surface area (Å²) in [5.74, 6) is 0.786. The van der Waals surface area contributed by atoms with E-state index in [-0.39, 0.29) is 18.5 Å². The normalized spacial score (nSPS) is 21.4. The van der Waals surface area contributed by atoms with Crippen LogP contribution in [0.4, 0.5) is 4.79 Å². The van der Waals surface area contributed by atoms with Crippen LogP contribution in [-0.4, -0.2) is 24.6 Å². The van der Waals surface area contributed by atoms with Crippen LogP contribution in [-0.2, 0) is 4.79 Å². The van der Waals surface area contributed by atoms with Crippen molar-refractivity contribution in [2.45, 2.75) is 38.6 Å². The Morgan fingerprint density at radius 2 is 1.90 bits per heavy atom. The van der Waals surface area contributed by atoms with Crippen molar-refractivity contribution in [2.24, 2.45) is 5.92 Å². The van der Waals surface area contributed by atoms with E-state index in [1.54, 1.807) is 24.3 Å². The predicted molar refractivity (Wildman–Crippen MR) is 80.0 cm³/mol. The Morgan fingerprint density at radius 1 is 1.19 bits per heavy atom. The summed E-state index contributed by atoms with van der Waals surface area (Å²) in [6, 6.07) is 8.98. The van der Waals surface area contributed by atoms with Crippen LogP contribution in [0.3, 0.4) is 0 Å². The molecule has 21 heavy (non-hydrogen) atoms. The molecular weight excluding hydrogens is 268 g/mol. The van der Waals surface area contributed by atoms with Crippen LogP contribution in [0.5, 0.6) is 5.75 Å². The van der Waals surface area contributed by atoms with Crippen LogP contribution in [0.25, 0.3) is 0 Å². The lowest BCUT2D eigenvalue weighted by Gasteiger charge is -2.29. The zero-order chi connectivity index (χ0) is 15.1. The first-order valence-electron chi connectivity index (χ1n) is 7.45. The van der Waals surface area contributed by atoms with Gasteiger partial charge in [-0.25, -0.2) is 4.79 Å². The van der Waals surface area contributed by atoms with Gasteiger partial charge in [-0.2, -0.15) is 0 Å². The number of benzene rings is 1. The van der Waals surface area contributed by atoms with E-state index < -0.39 is 6.09 Å². The summed E-state index contributed by atoms with van der Waals surface area (Å²) in [5, 5.41) is 5.44. The monoisotopic (exact) mass is 290 g/mol. The van der Waals surface area contributed by atoms with Gasteiger partial charge >= 0.3 is 6.09 Å². The van der Waals surface area contributed by atoms with Crippen LogP contribution < -0.4 is 15.4 Å². The number of hydrogen-bond donors (Lipinski definition) is 2. The highest BCUT2D eigenvalue weighted by atomic mass is 16.6. The molecule has 1 aromatic rings. The van der Waals surface area contributed by atoms with Gasteiger partial charge in [0.05, 0.1) is 0 Å². The molecule has 0 spiro atoms. The van der Waals surface area contributed by atoms with Crippen molar-refractivity contribution in [2.75, 3.05) is 6.54 Å². The maximum Gasteiger partial charge on any atom is 0.413 e. The zero-order valence-corrected chi connectivity index (χ0v) is 12.3. The van der Waals surface area contributed by atoms with E-state index in [9.17, 15) is 9.59 Å². The molecule has 0 aromatic heterocycles. The average Bonchev–Trinajstić information content (AvgIpc) is 2.49. The van der Waals surface area contributed by atoms with Gasteiger partial charge in [-0.3, -0.25) is 4.79 Å². The molecule has 114 valence electrons. The van der Waals surface area contributed by atoms with E-state index in [4.69, 9.17) is 4.74 Å². The third-order valence-corrected chi connectivity index (χ3v) is 3.80. The maximum atomic E-state index is 11.8. The van der Waals surface area contributed by atoms with E-state index in [1.165, 1.54) is 6.42 Å². The van der Waals surface area contributed by atoms with Gasteiger partial charge in [0, 0.05) is 6.04 Å². The molecule has 1 aromatic carbocycles. The molecule has 2 rings (SSSR count). The van der Waals surface area contributed by atoms with Crippen LogP contribution in [0.15, 0.2) is 30.3 Å². The van der Waals surface area contributed by atoms with Crippen molar-refractivity contribution in [3.05, 3.63) is 30.3 Å². The highest BCUT2D eigenvalue weighted by Crippen LogP contribution is 2.23. The molecule has 0 radical (unpaired) electrons. The Kier molecular flexibility index (Phi) is 5.60. The lowest BCUT2D eigenvalue weighted by atomic mass is 9.86. The summed E-state index contributed by atoms with van der Waals surface area (Å²) in [7, 11) is 0. The summed E-state index contributed by atoms with van der Waals surface area (Å²) in [4.78, 5) is 23.4. The van der Waals surface area contributed by atoms with Crippen molar-refractivity contribution in [1.82, 2.24) is 10.6 Å². The number of hydrogen-bond acceptors (Lipinski definition) is 3. The Hall–Kier alpha value is -2.04. The van der Waals surface area contributed by atoms with Crippen molar-refractivity contribution >= 4 is 12.0 Å². The fourth-order valence-corrected chi connectivity index (χ4v) is 2.57. The molecule has 5 nitrogen and oxygen atoms in total. The van der Waals surface area contributed by atoms with Gasteiger partial charge in [-0.05, 0) is 30.9 Å². The van der Waals surface area contributed by atoms with E-state index in [2.05, 4.69) is 17.6 Å². The first-order valence-corrected chi connectivity index (χ1v) is 7.45. The Morgan fingerprint density at radius 3 is 2.62 bits per heavy atom. The molecule has 2 N–H and O–H groups in total. The molecule has 5 heteroatoms. The van der Waals surface area contributed by atoms with E-state index in [1.807, 2.05) is 6.07 Å². The minimum absolute atomic E-state index is 0.0606. The highest BCUT2D eigenvalue weighted by molar-refractivity contribution is 5.82. The molecular formula is C16H22N2O3. The van der Waals surface area contributed by atoms with Crippen molar-refractivity contribution in [3.8, 4) is 5.75 Å². The fourth-order valence-electron chi connectivity index (χ4n) is 2.57. The fraction of sp³-hybridized carbons (Fsp3) is 0.500. The Bertz CT molecular complexity index is 476. The summed E-state index contributed by atoms with van der Waals surface area (Å²) in [6.07, 6.45) is 3.93. The number of carbonyl (C=O) groups excluding carboxylic acids is 2. The summed E-state index contributed by atoms with van der Waals surface area (Å²) in [5.41, 5.74) is 0. The molecule has 1 aliphatic carbocycles. The van der Waals surface area contributed by atoms with Crippen LogP contribution in [0.1, 0.15) is 32.6 Å². The van der Waals surface area contributed by atoms with Crippen LogP contribution >= 0.6 is 0 Å². The number of rotatable bonds is 4. The number of nitrogens with one attached hydrogen (secondary N) is 2. The molecule has 0 bridgehead atoms. The van der Waals surface area contributed by atoms with Gasteiger partial charge in [-0.15, -0.1) is 0 Å². The minimum atomic E-state index is -0.618. The van der Waals surface area contributed by atoms with Gasteiger partial charge in [0.2, 0.25) is 5.91 Å². The summed E-state index contributed by atoms with van der Waals surface area (Å²) < 4.78 is 5.05. The number of amides is 2. The quantitative estimate of drug-likeness (QED) is 0.895. The van der Waals surface area contributed by atoms with E-state index in [0.717, 1.165) is 19.3 Å². The molecule has 1 saturated carbocycles. The smallest absolute Gasteiger partial charge is 0.410 e. The standard InChI is InChI=1S/C16H22N2O3/c1-12-7-5-6-10-14(12)18-15(19)11-17-16(20)21-13-8-3-2-4-9-13/h2-4,8-9,12,14H,5-7,10-11H2,1H3,(H,17,20)(H,18,19)/t12-,14+/m1/s1. The maximum absolute atomic E-state index is 11.8. The Balaban J connectivity index is 1.69. The zero-order valence-electron chi connectivity index (χ0n) is 12.3. The average molecular weight is 290 g/mol. The first-order chi connectivity index (χ1) is 10.1. The number of carbonyl (C=O) groups is 2. The topological polar surface area (TPSA) is 67.4 Å². The molecule has 0 unspecified atom stereocenters. The number of ether oxygens (including phenoxy) is 1. The lowest BCUT2D eigenvalue weighted by molar-refractivity contribution is -0.121. The second-order valence-electron chi connectivity index (χ2n) is 5.49. The van der Waals surface area contributed by atoms with Gasteiger partial charge in [0.1, 0.15) is 12.3 Å². The molecule has 1 fully saturated rings. The molecule has 0 aliphatic heterocycles. The van der Waals surface area contributed by atoms with Gasteiger partial charge < -0.3 is 15.4 Å². The molecule has 2 amide bonds. The third kappa shape index (κ3) is 5.10. The van der Waals surface area contributed by atoms with E-state index in [0.29, 0.717) is 11.7 Å². The van der Waals surface area contributed by atoms with Crippen molar-refractivity contribution < 1.29 is 14.3 Å². The molecule has 0 heterocycles. The first kappa shape index (κ1) is 15.4. The van der Waals surface area contributed by atoms with Crippen molar-refractivity contribution in [3.63, 3.8) is 0 Å². The number of para-hydroxylation sites is 1. The highest BCUT2D eigenvalue weighted by Gasteiger charge is 2.22. The largest absolute Gasteiger partial charge is 0.413 e. The summed E-state index contributed by atoms with van der Waals surface area (Å²) in [6.45, 7) is 2.09. The van der Waals surface area contributed by atoms with Gasteiger partial charge in [-0.1, -0.05) is 38.0 Å². The second-order valence-corrected chi connectivity index (χ2v) is 5.49. The van der Waals surface area contributed by atoms with Gasteiger partial charge in [0.25, 0.3) is 0 Å².